The molecule has 7 aromatic rings. The van der Waals surface area contributed by atoms with E-state index in [2.05, 4.69) is 20.3 Å². The maximum Gasteiger partial charge on any atom is 0.425 e. The van der Waals surface area contributed by atoms with Crippen LogP contribution in [0.3, 0.4) is 0 Å². The third-order valence-corrected chi connectivity index (χ3v) is 9.31. The molecule has 1 unspecified atom stereocenters. The van der Waals surface area contributed by atoms with E-state index >= 15 is 0 Å². The van der Waals surface area contributed by atoms with Crippen molar-refractivity contribution < 1.29 is 29.3 Å². The second-order valence-corrected chi connectivity index (χ2v) is 13.0. The van der Waals surface area contributed by atoms with Gasteiger partial charge in [0.1, 0.15) is 18.7 Å². The Morgan fingerprint density at radius 1 is 0.821 bits per heavy atom. The molecule has 15 nitrogen and oxygen atoms in total. The van der Waals surface area contributed by atoms with Gasteiger partial charge in [-0.2, -0.15) is 9.97 Å². The van der Waals surface area contributed by atoms with Crippen LogP contribution in [0, 0.1) is 0 Å². The van der Waals surface area contributed by atoms with E-state index in [1.165, 1.54) is 22.1 Å². The summed E-state index contributed by atoms with van der Waals surface area (Å²) in [5.74, 6) is -0.0708. The topological polar surface area (TPSA) is 173 Å². The lowest BCUT2D eigenvalue weighted by atomic mass is 10.2. The van der Waals surface area contributed by atoms with Gasteiger partial charge in [-0.1, -0.05) is 72.8 Å². The number of aliphatic hydroxyl groups is 2. The molecule has 8 rings (SSSR count). The minimum Gasteiger partial charge on any atom is -0.394 e. The van der Waals surface area contributed by atoms with E-state index in [1.54, 1.807) is 39.9 Å². The number of ether oxygens (including phenoxy) is 2. The van der Waals surface area contributed by atoms with Crippen LogP contribution in [0.4, 0.5) is 38.3 Å². The molecule has 3 N–H and O–H groups in total. The van der Waals surface area contributed by atoms with Gasteiger partial charge in [-0.05, 0) is 55.5 Å². The molecule has 0 spiro atoms. The van der Waals surface area contributed by atoms with Gasteiger partial charge in [0, 0.05) is 12.6 Å². The van der Waals surface area contributed by atoms with Gasteiger partial charge in [0.2, 0.25) is 5.95 Å². The molecular weight excluding hydrogens is 715 g/mol. The van der Waals surface area contributed by atoms with E-state index in [4.69, 9.17) is 14.5 Å². The predicted octanol–water partition coefficient (Wildman–Crippen LogP) is 6.98. The second-order valence-electron chi connectivity index (χ2n) is 13.0. The molecule has 0 aliphatic carbocycles. The number of nitrogens with zero attached hydrogens (tertiary/aromatic N) is 8. The lowest BCUT2D eigenvalue weighted by Gasteiger charge is -2.23. The van der Waals surface area contributed by atoms with E-state index in [0.29, 0.717) is 28.4 Å². The summed E-state index contributed by atoms with van der Waals surface area (Å²) in [5, 5.41) is 23.5. The summed E-state index contributed by atoms with van der Waals surface area (Å²) in [6.07, 6.45) is 1.53. The smallest absolute Gasteiger partial charge is 0.394 e. The van der Waals surface area contributed by atoms with Crippen molar-refractivity contribution in [1.29, 1.82) is 0 Å². The summed E-state index contributed by atoms with van der Waals surface area (Å²) in [5.41, 5.74) is 3.43. The third kappa shape index (κ3) is 7.29. The van der Waals surface area contributed by atoms with Crippen LogP contribution < -0.4 is 19.9 Å². The standard InChI is InChI=1S/C41H37N9O6/c1-27(32-23-47(25-42-32)40(53)49(28-14-6-2-7-15-28)29-16-8-3-9-17-29)44-39-45-37-36(43-26-48(37)35-22-33(52)34(24-51)55-35)38(46-39)56-41(54)50(30-18-10-4-11-19-30)31-20-12-5-13-21-31/h2-21,23,25-27,33-35,51-52H,22,24H2,1H3,(H,44,45,46)/t27?,33-,34+,35+/m0/s1. The molecule has 2 amide bonds. The highest BCUT2D eigenvalue weighted by Gasteiger charge is 2.36. The zero-order valence-electron chi connectivity index (χ0n) is 30.1. The molecule has 0 saturated carbocycles. The van der Waals surface area contributed by atoms with Crippen molar-refractivity contribution in [2.45, 2.75) is 37.8 Å². The molecule has 15 heteroatoms. The van der Waals surface area contributed by atoms with Crippen LogP contribution in [0.15, 0.2) is 140 Å². The van der Waals surface area contributed by atoms with Crippen molar-refractivity contribution in [2.24, 2.45) is 0 Å². The molecule has 1 fully saturated rings. The fraction of sp³-hybridized carbons (Fsp3) is 0.171. The lowest BCUT2D eigenvalue weighted by molar-refractivity contribution is -0.0432. The molecule has 4 heterocycles. The number of hydrogen-bond acceptors (Lipinski definition) is 11. The van der Waals surface area contributed by atoms with Crippen molar-refractivity contribution in [3.05, 3.63) is 146 Å². The van der Waals surface area contributed by atoms with Crippen LogP contribution in [0.25, 0.3) is 11.2 Å². The van der Waals surface area contributed by atoms with Crippen molar-refractivity contribution in [3.8, 4) is 5.88 Å². The van der Waals surface area contributed by atoms with Crippen LogP contribution in [0.5, 0.6) is 5.88 Å². The molecule has 282 valence electrons. The van der Waals surface area contributed by atoms with Crippen LogP contribution in [-0.2, 0) is 4.74 Å². The average Bonchev–Trinajstić information content (AvgIpc) is 3.99. The molecule has 4 aromatic carbocycles. The van der Waals surface area contributed by atoms with E-state index in [1.807, 2.05) is 104 Å². The van der Waals surface area contributed by atoms with E-state index in [-0.39, 0.29) is 42.1 Å². The summed E-state index contributed by atoms with van der Waals surface area (Å²) >= 11 is 0. The Labute approximate surface area is 321 Å². The Balaban J connectivity index is 1.12. The highest BCUT2D eigenvalue weighted by Crippen LogP contribution is 2.35. The molecular formula is C41H37N9O6. The van der Waals surface area contributed by atoms with Crippen molar-refractivity contribution >= 4 is 52.0 Å². The number of imidazole rings is 2. The van der Waals surface area contributed by atoms with E-state index in [0.717, 1.165) is 0 Å². The number of carbonyl (C=O) groups excluding carboxylic acids is 2. The largest absolute Gasteiger partial charge is 0.425 e. The number of amides is 2. The van der Waals surface area contributed by atoms with E-state index in [9.17, 15) is 19.8 Å². The van der Waals surface area contributed by atoms with Crippen molar-refractivity contribution in [3.63, 3.8) is 0 Å². The van der Waals surface area contributed by atoms with Gasteiger partial charge in [-0.3, -0.25) is 14.0 Å². The highest BCUT2D eigenvalue weighted by atomic mass is 16.6. The first-order valence-electron chi connectivity index (χ1n) is 17.9. The molecule has 0 bridgehead atoms. The fourth-order valence-electron chi connectivity index (χ4n) is 6.50. The number of nitrogens with one attached hydrogen (secondary N) is 1. The van der Waals surface area contributed by atoms with Gasteiger partial charge in [0.05, 0.1) is 53.5 Å². The third-order valence-electron chi connectivity index (χ3n) is 9.31. The van der Waals surface area contributed by atoms with Gasteiger partial charge in [-0.25, -0.2) is 24.5 Å². The summed E-state index contributed by atoms with van der Waals surface area (Å²) in [4.78, 5) is 49.5. The number of rotatable bonds is 10. The summed E-state index contributed by atoms with van der Waals surface area (Å²) in [7, 11) is 0. The van der Waals surface area contributed by atoms with Gasteiger partial charge < -0.3 is 25.0 Å². The minimum atomic E-state index is -0.915. The molecule has 1 aliphatic rings. The average molecular weight is 752 g/mol. The molecule has 1 saturated heterocycles. The van der Waals surface area contributed by atoms with Gasteiger partial charge in [0.25, 0.3) is 5.88 Å². The minimum absolute atomic E-state index is 0.0637. The Morgan fingerprint density at radius 3 is 1.91 bits per heavy atom. The highest BCUT2D eigenvalue weighted by molar-refractivity contribution is 6.01. The van der Waals surface area contributed by atoms with Crippen molar-refractivity contribution in [2.75, 3.05) is 21.7 Å². The number of anilines is 5. The first-order chi connectivity index (χ1) is 27.4. The maximum atomic E-state index is 14.1. The number of para-hydroxylation sites is 4. The SMILES string of the molecule is CC(Nc1nc(OC(=O)N(c2ccccc2)c2ccccc2)c2ncn([C@H]3C[C@H](O)[C@@H](CO)O3)c2n1)c1cn(C(=O)N(c2ccccc2)c2ccccc2)cn1. The Hall–Kier alpha value is -6.94. The van der Waals surface area contributed by atoms with Crippen LogP contribution in [0.2, 0.25) is 0 Å². The number of aliphatic hydroxyl groups excluding tert-OH is 2. The lowest BCUT2D eigenvalue weighted by Crippen LogP contribution is -2.29. The summed E-state index contributed by atoms with van der Waals surface area (Å²) < 4.78 is 15.0. The monoisotopic (exact) mass is 751 g/mol. The van der Waals surface area contributed by atoms with Crippen molar-refractivity contribution in [1.82, 2.24) is 29.1 Å². The molecule has 4 atom stereocenters. The van der Waals surface area contributed by atoms with Gasteiger partial charge in [-0.15, -0.1) is 0 Å². The second kappa shape index (κ2) is 15.8. The molecule has 0 radical (unpaired) electrons. The summed E-state index contributed by atoms with van der Waals surface area (Å²) in [6, 6.07) is 35.9. The van der Waals surface area contributed by atoms with Crippen LogP contribution in [-0.4, -0.2) is 70.2 Å². The zero-order valence-corrected chi connectivity index (χ0v) is 30.1. The molecule has 1 aliphatic heterocycles. The number of aromatic nitrogens is 6. The number of hydrogen-bond donors (Lipinski definition) is 3. The number of benzene rings is 4. The summed E-state index contributed by atoms with van der Waals surface area (Å²) in [6.45, 7) is 1.46. The first-order valence-corrected chi connectivity index (χ1v) is 17.9. The zero-order chi connectivity index (χ0) is 38.6. The first kappa shape index (κ1) is 36.1. The Morgan fingerprint density at radius 2 is 1.38 bits per heavy atom. The van der Waals surface area contributed by atoms with Crippen LogP contribution >= 0.6 is 0 Å². The van der Waals surface area contributed by atoms with E-state index < -0.39 is 30.6 Å². The fourth-order valence-corrected chi connectivity index (χ4v) is 6.50. The Bertz CT molecular complexity index is 2350. The Kier molecular flexibility index (Phi) is 10.2. The number of carbonyl (C=O) groups is 2. The van der Waals surface area contributed by atoms with Gasteiger partial charge in [0.15, 0.2) is 11.2 Å². The maximum absolute atomic E-state index is 14.1. The normalized spacial score (nSPS) is 17.0. The molecule has 56 heavy (non-hydrogen) atoms. The van der Waals surface area contributed by atoms with Crippen LogP contribution in [0.1, 0.15) is 31.3 Å². The van der Waals surface area contributed by atoms with Gasteiger partial charge >= 0.3 is 12.1 Å². The predicted molar refractivity (Wildman–Crippen MR) is 208 cm³/mol. The number of fused-ring (bicyclic) bond motifs is 1. The quantitative estimate of drug-likeness (QED) is 0.132. The molecule has 3 aromatic heterocycles.